The third-order valence-electron chi connectivity index (χ3n) is 5.38. The molecular formula is C22H25N5O3S2. The van der Waals surface area contributed by atoms with E-state index in [0.29, 0.717) is 33.8 Å². The molecule has 0 saturated carbocycles. The number of amides is 2. The second-order valence-corrected chi connectivity index (χ2v) is 9.41. The minimum Gasteiger partial charge on any atom is -0.496 e. The first-order chi connectivity index (χ1) is 15.5. The Morgan fingerprint density at radius 3 is 2.78 bits per heavy atom. The highest BCUT2D eigenvalue weighted by atomic mass is 32.2. The van der Waals surface area contributed by atoms with E-state index in [1.165, 1.54) is 23.1 Å². The Kier molecular flexibility index (Phi) is 6.80. The molecule has 1 aliphatic rings. The molecule has 168 valence electrons. The first-order valence-electron chi connectivity index (χ1n) is 10.5. The first kappa shape index (κ1) is 22.3. The Morgan fingerprint density at radius 2 is 2.03 bits per heavy atom. The van der Waals surface area contributed by atoms with Crippen LogP contribution >= 0.6 is 23.1 Å². The monoisotopic (exact) mass is 471 g/mol. The van der Waals surface area contributed by atoms with Crippen LogP contribution in [0.15, 0.2) is 29.4 Å². The zero-order valence-electron chi connectivity index (χ0n) is 18.0. The van der Waals surface area contributed by atoms with Gasteiger partial charge in [0.2, 0.25) is 5.91 Å². The number of para-hydroxylation sites is 1. The van der Waals surface area contributed by atoms with E-state index in [1.807, 2.05) is 35.8 Å². The third kappa shape index (κ3) is 4.37. The van der Waals surface area contributed by atoms with Crippen molar-refractivity contribution in [2.75, 3.05) is 18.2 Å². The Bertz CT molecular complexity index is 1150. The molecule has 0 saturated heterocycles. The van der Waals surface area contributed by atoms with Gasteiger partial charge in [0.25, 0.3) is 5.91 Å². The van der Waals surface area contributed by atoms with Crippen LogP contribution in [0.3, 0.4) is 0 Å². The van der Waals surface area contributed by atoms with E-state index in [0.717, 1.165) is 41.7 Å². The van der Waals surface area contributed by atoms with Crippen molar-refractivity contribution in [3.63, 3.8) is 0 Å². The quantitative estimate of drug-likeness (QED) is 0.484. The number of nitrogens with one attached hydrogen (secondary N) is 1. The van der Waals surface area contributed by atoms with E-state index in [9.17, 15) is 9.59 Å². The Labute approximate surface area is 194 Å². The molecule has 32 heavy (non-hydrogen) atoms. The third-order valence-corrected chi connectivity index (χ3v) is 7.56. The van der Waals surface area contributed by atoms with Crippen LogP contribution in [0.25, 0.3) is 11.4 Å². The number of thioether (sulfide) groups is 1. The molecule has 1 aliphatic carbocycles. The first-order valence-corrected chi connectivity index (χ1v) is 12.3. The number of hydrogen-bond donors (Lipinski definition) is 2. The van der Waals surface area contributed by atoms with Crippen molar-refractivity contribution >= 4 is 39.9 Å². The summed E-state index contributed by atoms with van der Waals surface area (Å²) in [6.45, 7) is 2.65. The fourth-order valence-corrected chi connectivity index (χ4v) is 6.03. The van der Waals surface area contributed by atoms with E-state index < -0.39 is 5.91 Å². The van der Waals surface area contributed by atoms with Crippen LogP contribution in [-0.4, -0.2) is 39.4 Å². The van der Waals surface area contributed by atoms with E-state index in [1.54, 1.807) is 7.11 Å². The van der Waals surface area contributed by atoms with Crippen LogP contribution in [0, 0.1) is 0 Å². The molecule has 0 bridgehead atoms. The van der Waals surface area contributed by atoms with Crippen LogP contribution in [0.5, 0.6) is 5.75 Å². The highest BCUT2D eigenvalue weighted by Crippen LogP contribution is 2.38. The molecule has 2 aromatic heterocycles. The minimum absolute atomic E-state index is 0.144. The minimum atomic E-state index is -0.487. The SMILES string of the molecule is CCn1c(SCC(=O)Nc2sc3c(c2C(N)=O)CCCC3)nnc1-c1ccccc1OC. The Balaban J connectivity index is 1.49. The number of anilines is 1. The number of methoxy groups -OCH3 is 1. The fourth-order valence-electron chi connectivity index (χ4n) is 3.92. The van der Waals surface area contributed by atoms with E-state index in [-0.39, 0.29) is 11.7 Å². The van der Waals surface area contributed by atoms with Crippen molar-refractivity contribution in [3.8, 4) is 17.1 Å². The van der Waals surface area contributed by atoms with Gasteiger partial charge in [-0.2, -0.15) is 0 Å². The summed E-state index contributed by atoms with van der Waals surface area (Å²) in [6.07, 6.45) is 3.89. The Morgan fingerprint density at radius 1 is 1.25 bits per heavy atom. The van der Waals surface area contributed by atoms with Crippen LogP contribution in [0.4, 0.5) is 5.00 Å². The summed E-state index contributed by atoms with van der Waals surface area (Å²) < 4.78 is 7.40. The maximum absolute atomic E-state index is 12.7. The summed E-state index contributed by atoms with van der Waals surface area (Å²) in [5.41, 5.74) is 7.94. The van der Waals surface area contributed by atoms with E-state index in [2.05, 4.69) is 15.5 Å². The number of nitrogens with zero attached hydrogens (tertiary/aromatic N) is 3. The molecule has 2 heterocycles. The molecule has 0 unspecified atom stereocenters. The lowest BCUT2D eigenvalue weighted by molar-refractivity contribution is -0.113. The number of rotatable bonds is 8. The summed E-state index contributed by atoms with van der Waals surface area (Å²) in [6, 6.07) is 7.63. The average molecular weight is 472 g/mol. The zero-order valence-corrected chi connectivity index (χ0v) is 19.6. The van der Waals surface area contributed by atoms with Gasteiger partial charge in [-0.05, 0) is 50.3 Å². The number of primary amides is 1. The van der Waals surface area contributed by atoms with E-state index >= 15 is 0 Å². The number of benzene rings is 1. The fraction of sp³-hybridized carbons (Fsp3) is 0.364. The number of hydrogen-bond acceptors (Lipinski definition) is 7. The van der Waals surface area contributed by atoms with Crippen LogP contribution in [0.1, 0.15) is 40.6 Å². The summed E-state index contributed by atoms with van der Waals surface area (Å²) in [7, 11) is 1.62. The smallest absolute Gasteiger partial charge is 0.251 e. The van der Waals surface area contributed by atoms with Crippen LogP contribution in [0.2, 0.25) is 0 Å². The molecule has 2 amide bonds. The van der Waals surface area contributed by atoms with Gasteiger partial charge in [0, 0.05) is 11.4 Å². The van der Waals surface area contributed by atoms with Crippen molar-refractivity contribution in [2.24, 2.45) is 5.73 Å². The zero-order chi connectivity index (χ0) is 22.7. The normalized spacial score (nSPS) is 12.9. The number of aryl methyl sites for hydroxylation is 1. The van der Waals surface area contributed by atoms with Gasteiger partial charge in [0.15, 0.2) is 11.0 Å². The highest BCUT2D eigenvalue weighted by Gasteiger charge is 2.25. The van der Waals surface area contributed by atoms with Crippen molar-refractivity contribution < 1.29 is 14.3 Å². The molecule has 0 atom stereocenters. The number of nitrogens with two attached hydrogens (primary N) is 1. The highest BCUT2D eigenvalue weighted by molar-refractivity contribution is 7.99. The van der Waals surface area contributed by atoms with Crippen molar-refractivity contribution in [2.45, 2.75) is 44.3 Å². The number of carbonyl (C=O) groups excluding carboxylic acids is 2. The number of thiophene rings is 1. The van der Waals surface area contributed by atoms with Crippen LogP contribution < -0.4 is 15.8 Å². The van der Waals surface area contributed by atoms with Gasteiger partial charge in [-0.3, -0.25) is 9.59 Å². The van der Waals surface area contributed by atoms with E-state index in [4.69, 9.17) is 10.5 Å². The molecule has 0 spiro atoms. The van der Waals surface area contributed by atoms with Gasteiger partial charge < -0.3 is 20.4 Å². The van der Waals surface area contributed by atoms with Crippen molar-refractivity contribution in [1.29, 1.82) is 0 Å². The molecule has 10 heteroatoms. The molecule has 4 rings (SSSR count). The predicted molar refractivity (Wildman–Crippen MR) is 127 cm³/mol. The molecular weight excluding hydrogens is 446 g/mol. The second kappa shape index (κ2) is 9.74. The van der Waals surface area contributed by atoms with Gasteiger partial charge in [-0.1, -0.05) is 23.9 Å². The van der Waals surface area contributed by atoms with Gasteiger partial charge in [0.1, 0.15) is 10.8 Å². The summed E-state index contributed by atoms with van der Waals surface area (Å²) in [5.74, 6) is 0.852. The number of carbonyl (C=O) groups is 2. The van der Waals surface area contributed by atoms with Crippen molar-refractivity contribution in [3.05, 3.63) is 40.3 Å². The summed E-state index contributed by atoms with van der Waals surface area (Å²) >= 11 is 2.77. The number of fused-ring (bicyclic) bond motifs is 1. The van der Waals surface area contributed by atoms with Gasteiger partial charge >= 0.3 is 0 Å². The molecule has 0 aliphatic heterocycles. The molecule has 0 fully saturated rings. The van der Waals surface area contributed by atoms with Crippen molar-refractivity contribution in [1.82, 2.24) is 14.8 Å². The molecule has 8 nitrogen and oxygen atoms in total. The number of aromatic nitrogens is 3. The average Bonchev–Trinajstić information content (AvgIpc) is 3.38. The maximum Gasteiger partial charge on any atom is 0.251 e. The molecule has 0 radical (unpaired) electrons. The molecule has 1 aromatic carbocycles. The predicted octanol–water partition coefficient (Wildman–Crippen LogP) is 3.74. The Hall–Kier alpha value is -2.85. The van der Waals surface area contributed by atoms with Gasteiger partial charge in [-0.25, -0.2) is 0 Å². The van der Waals surface area contributed by atoms with Crippen LogP contribution in [-0.2, 0) is 24.2 Å². The van der Waals surface area contributed by atoms with Gasteiger partial charge in [0.05, 0.1) is 24.0 Å². The second-order valence-electron chi connectivity index (χ2n) is 7.37. The lowest BCUT2D eigenvalue weighted by Gasteiger charge is -2.11. The topological polar surface area (TPSA) is 112 Å². The molecule has 3 aromatic rings. The lowest BCUT2D eigenvalue weighted by atomic mass is 9.95. The van der Waals surface area contributed by atoms with Gasteiger partial charge in [-0.15, -0.1) is 21.5 Å². The maximum atomic E-state index is 12.7. The summed E-state index contributed by atoms with van der Waals surface area (Å²) in [5, 5.41) is 12.7. The lowest BCUT2D eigenvalue weighted by Crippen LogP contribution is -2.19. The summed E-state index contributed by atoms with van der Waals surface area (Å²) in [4.78, 5) is 25.9. The standard InChI is InChI=1S/C22H25N5O3S2/c1-3-27-20(13-8-4-6-10-15(13)30-2)25-26-22(27)31-12-17(28)24-21-18(19(23)29)14-9-5-7-11-16(14)32-21/h4,6,8,10H,3,5,7,9,11-12H2,1-2H3,(H2,23,29)(H,24,28). The largest absolute Gasteiger partial charge is 0.496 e. The molecule has 3 N–H and O–H groups in total. The number of ether oxygens (including phenoxy) is 1.